The van der Waals surface area contributed by atoms with Crippen molar-refractivity contribution in [1.82, 2.24) is 24.6 Å². The predicted molar refractivity (Wildman–Crippen MR) is 111 cm³/mol. The zero-order valence-corrected chi connectivity index (χ0v) is 17.5. The van der Waals surface area contributed by atoms with Crippen LogP contribution < -0.4 is 0 Å². The summed E-state index contributed by atoms with van der Waals surface area (Å²) in [7, 11) is 0. The molecule has 1 fully saturated rings. The summed E-state index contributed by atoms with van der Waals surface area (Å²) in [4.78, 5) is 17.3. The second-order valence-electron chi connectivity index (χ2n) is 7.85. The maximum absolute atomic E-state index is 13.0. The molecule has 0 N–H and O–H groups in total. The van der Waals surface area contributed by atoms with Crippen LogP contribution in [0.1, 0.15) is 56.0 Å². The first-order valence-corrected chi connectivity index (χ1v) is 10.5. The number of hydrogen-bond acceptors (Lipinski definition) is 4. The van der Waals surface area contributed by atoms with E-state index in [0.717, 1.165) is 51.3 Å². The van der Waals surface area contributed by atoms with E-state index < -0.39 is 0 Å². The van der Waals surface area contributed by atoms with Crippen LogP contribution in [0.5, 0.6) is 0 Å². The molecule has 1 aliphatic rings. The summed E-state index contributed by atoms with van der Waals surface area (Å²) in [6.07, 6.45) is 5.00. The molecular weight excluding hydrogens is 350 g/mol. The summed E-state index contributed by atoms with van der Waals surface area (Å²) >= 11 is 0. The number of hydrogen-bond donors (Lipinski definition) is 0. The Labute approximate surface area is 168 Å². The Morgan fingerprint density at radius 1 is 1.25 bits per heavy atom. The number of carbonyl (C=O) groups excluding carboxylic acids is 1. The molecule has 0 saturated carbocycles. The minimum atomic E-state index is 0.222. The number of nitrogens with zero attached hydrogens (tertiary/aromatic N) is 5. The average molecular weight is 384 g/mol. The van der Waals surface area contributed by atoms with Crippen molar-refractivity contribution in [1.29, 1.82) is 0 Å². The Balaban J connectivity index is 1.61. The van der Waals surface area contributed by atoms with Gasteiger partial charge < -0.3 is 9.47 Å². The summed E-state index contributed by atoms with van der Waals surface area (Å²) in [5, 5.41) is 8.42. The van der Waals surface area contributed by atoms with Gasteiger partial charge in [0.1, 0.15) is 12.2 Å². The molecule has 0 bridgehead atoms. The van der Waals surface area contributed by atoms with Crippen molar-refractivity contribution < 1.29 is 4.79 Å². The quantitative estimate of drug-likeness (QED) is 0.702. The highest BCUT2D eigenvalue weighted by Gasteiger charge is 2.27. The standard InChI is InChI=1S/C22H33N5O/c1-4-12-27(14-19-10-8-18(3)9-11-19)21(28)16-25-13-6-7-20(15-25)22-24-23-17-26(22)5-2/h8-11,17,20H,4-7,12-16H2,1-3H3. The van der Waals surface area contributed by atoms with Crippen molar-refractivity contribution in [3.63, 3.8) is 0 Å². The highest BCUT2D eigenvalue weighted by atomic mass is 16.2. The van der Waals surface area contributed by atoms with Crippen molar-refractivity contribution in [2.45, 2.75) is 59.0 Å². The van der Waals surface area contributed by atoms with Crippen molar-refractivity contribution >= 4 is 5.91 Å². The molecule has 3 rings (SSSR count). The van der Waals surface area contributed by atoms with E-state index in [1.165, 1.54) is 11.1 Å². The predicted octanol–water partition coefficient (Wildman–Crippen LogP) is 3.22. The summed E-state index contributed by atoms with van der Waals surface area (Å²) in [5.74, 6) is 1.64. The molecule has 28 heavy (non-hydrogen) atoms. The lowest BCUT2D eigenvalue weighted by atomic mass is 9.97. The SMILES string of the molecule is CCCN(Cc1ccc(C)cc1)C(=O)CN1CCCC(c2nncn2CC)C1. The van der Waals surface area contributed by atoms with Crippen LogP contribution in [0.25, 0.3) is 0 Å². The molecule has 1 amide bonds. The van der Waals surface area contributed by atoms with Crippen LogP contribution >= 0.6 is 0 Å². The van der Waals surface area contributed by atoms with Gasteiger partial charge in [-0.05, 0) is 45.2 Å². The van der Waals surface area contributed by atoms with Crippen molar-refractivity contribution in [2.24, 2.45) is 0 Å². The fourth-order valence-corrected chi connectivity index (χ4v) is 4.00. The van der Waals surface area contributed by atoms with Crippen LogP contribution in [0.3, 0.4) is 0 Å². The molecule has 152 valence electrons. The van der Waals surface area contributed by atoms with E-state index in [4.69, 9.17) is 0 Å². The second kappa shape index (κ2) is 9.82. The third-order valence-corrected chi connectivity index (χ3v) is 5.56. The highest BCUT2D eigenvalue weighted by molar-refractivity contribution is 5.78. The van der Waals surface area contributed by atoms with Gasteiger partial charge in [-0.15, -0.1) is 10.2 Å². The van der Waals surface area contributed by atoms with Crippen LogP contribution in [-0.2, 0) is 17.9 Å². The number of aryl methyl sites for hydroxylation is 2. The largest absolute Gasteiger partial charge is 0.337 e. The van der Waals surface area contributed by atoms with Crippen molar-refractivity contribution in [3.8, 4) is 0 Å². The van der Waals surface area contributed by atoms with E-state index in [0.29, 0.717) is 19.0 Å². The number of carbonyl (C=O) groups is 1. The van der Waals surface area contributed by atoms with Gasteiger partial charge in [0.15, 0.2) is 0 Å². The Morgan fingerprint density at radius 3 is 2.75 bits per heavy atom. The fourth-order valence-electron chi connectivity index (χ4n) is 4.00. The van der Waals surface area contributed by atoms with Crippen LogP contribution in [0.15, 0.2) is 30.6 Å². The molecule has 0 spiro atoms. The topological polar surface area (TPSA) is 54.3 Å². The van der Waals surface area contributed by atoms with Crippen molar-refractivity contribution in [3.05, 3.63) is 47.5 Å². The molecule has 1 aliphatic heterocycles. The van der Waals surface area contributed by atoms with E-state index in [2.05, 4.69) is 64.7 Å². The van der Waals surface area contributed by atoms with Gasteiger partial charge in [-0.3, -0.25) is 9.69 Å². The first-order valence-electron chi connectivity index (χ1n) is 10.5. The van der Waals surface area contributed by atoms with Crippen LogP contribution in [0, 0.1) is 6.92 Å². The molecule has 6 nitrogen and oxygen atoms in total. The van der Waals surface area contributed by atoms with Gasteiger partial charge in [0, 0.05) is 32.1 Å². The fraction of sp³-hybridized carbons (Fsp3) is 0.591. The van der Waals surface area contributed by atoms with Crippen LogP contribution in [-0.4, -0.2) is 56.7 Å². The smallest absolute Gasteiger partial charge is 0.237 e. The first kappa shape index (κ1) is 20.5. The molecular formula is C22H33N5O. The maximum atomic E-state index is 13.0. The maximum Gasteiger partial charge on any atom is 0.237 e. The van der Waals surface area contributed by atoms with Gasteiger partial charge in [0.2, 0.25) is 5.91 Å². The molecule has 1 aromatic carbocycles. The molecule has 6 heteroatoms. The molecule has 1 unspecified atom stereocenters. The molecule has 2 heterocycles. The van der Waals surface area contributed by atoms with E-state index in [1.807, 2.05) is 11.2 Å². The lowest BCUT2D eigenvalue weighted by Gasteiger charge is -2.33. The van der Waals surface area contributed by atoms with Gasteiger partial charge in [-0.2, -0.15) is 0 Å². The highest BCUT2D eigenvalue weighted by Crippen LogP contribution is 2.25. The van der Waals surface area contributed by atoms with E-state index >= 15 is 0 Å². The lowest BCUT2D eigenvalue weighted by molar-refractivity contribution is -0.133. The Kier molecular flexibility index (Phi) is 7.20. The zero-order chi connectivity index (χ0) is 19.9. The Hall–Kier alpha value is -2.21. The number of piperidine rings is 1. The third-order valence-electron chi connectivity index (χ3n) is 5.56. The summed E-state index contributed by atoms with van der Waals surface area (Å²) in [6, 6.07) is 8.48. The first-order chi connectivity index (χ1) is 13.6. The number of rotatable bonds is 8. The molecule has 0 aliphatic carbocycles. The van der Waals surface area contributed by atoms with Gasteiger partial charge in [0.05, 0.1) is 6.54 Å². The van der Waals surface area contributed by atoms with E-state index in [1.54, 1.807) is 0 Å². The normalized spacial score (nSPS) is 17.6. The van der Waals surface area contributed by atoms with Crippen LogP contribution in [0.2, 0.25) is 0 Å². The summed E-state index contributed by atoms with van der Waals surface area (Å²) in [6.45, 7) is 11.1. The molecule has 1 aromatic heterocycles. The molecule has 0 radical (unpaired) electrons. The lowest BCUT2D eigenvalue weighted by Crippen LogP contribution is -2.44. The Morgan fingerprint density at radius 2 is 2.04 bits per heavy atom. The molecule has 2 aromatic rings. The van der Waals surface area contributed by atoms with Crippen molar-refractivity contribution in [2.75, 3.05) is 26.2 Å². The van der Waals surface area contributed by atoms with Crippen LogP contribution in [0.4, 0.5) is 0 Å². The van der Waals surface area contributed by atoms with E-state index in [-0.39, 0.29) is 5.91 Å². The van der Waals surface area contributed by atoms with Gasteiger partial charge in [0.25, 0.3) is 0 Å². The van der Waals surface area contributed by atoms with Gasteiger partial charge in [-0.1, -0.05) is 36.8 Å². The zero-order valence-electron chi connectivity index (χ0n) is 17.5. The third kappa shape index (κ3) is 5.19. The summed E-state index contributed by atoms with van der Waals surface area (Å²) in [5.41, 5.74) is 2.44. The minimum Gasteiger partial charge on any atom is -0.337 e. The average Bonchev–Trinajstić information content (AvgIpc) is 3.18. The van der Waals surface area contributed by atoms with E-state index in [9.17, 15) is 4.79 Å². The molecule has 1 saturated heterocycles. The number of benzene rings is 1. The van der Waals surface area contributed by atoms with Gasteiger partial charge in [-0.25, -0.2) is 0 Å². The Bertz CT molecular complexity index is 755. The number of amides is 1. The second-order valence-corrected chi connectivity index (χ2v) is 7.85. The number of aromatic nitrogens is 3. The minimum absolute atomic E-state index is 0.222. The summed E-state index contributed by atoms with van der Waals surface area (Å²) < 4.78 is 2.12. The van der Waals surface area contributed by atoms with Gasteiger partial charge >= 0.3 is 0 Å². The monoisotopic (exact) mass is 383 g/mol. The number of likely N-dealkylation sites (tertiary alicyclic amines) is 1. The molecule has 1 atom stereocenters.